The molecule has 0 aliphatic carbocycles. The Balaban J connectivity index is 1.73. The van der Waals surface area contributed by atoms with Crippen molar-refractivity contribution >= 4 is 17.8 Å². The molecule has 2 saturated heterocycles. The molecule has 0 aromatic carbocycles. The van der Waals surface area contributed by atoms with Crippen LogP contribution in [0, 0.1) is 11.8 Å². The van der Waals surface area contributed by atoms with Crippen LogP contribution in [0.2, 0.25) is 0 Å². The zero-order valence-electron chi connectivity index (χ0n) is 18.7. The number of ether oxygens (including phenoxy) is 2. The smallest absolute Gasteiger partial charge is 0.311 e. The van der Waals surface area contributed by atoms with Gasteiger partial charge in [0.2, 0.25) is 5.91 Å². The minimum Gasteiger partial charge on any atom is -0.469 e. The van der Waals surface area contributed by atoms with Gasteiger partial charge in [0.25, 0.3) is 5.91 Å². The Bertz CT molecular complexity index is 800. The average Bonchev–Trinajstić information content (AvgIpc) is 3.31. The second-order valence-electron chi connectivity index (χ2n) is 8.57. The molecule has 2 aliphatic heterocycles. The molecule has 1 atom stereocenters. The molecular formula is C21H32N4O6. The van der Waals surface area contributed by atoms with Crippen LogP contribution in [0.4, 0.5) is 0 Å². The highest BCUT2D eigenvalue weighted by atomic mass is 16.7. The Kier molecular flexibility index (Phi) is 7.32. The molecule has 172 valence electrons. The third kappa shape index (κ3) is 4.74. The summed E-state index contributed by atoms with van der Waals surface area (Å²) in [5.41, 5.74) is 0.479. The second-order valence-corrected chi connectivity index (χ2v) is 8.57. The van der Waals surface area contributed by atoms with E-state index in [-0.39, 0.29) is 24.8 Å². The summed E-state index contributed by atoms with van der Waals surface area (Å²) in [5, 5.41) is 8.44. The number of hydroxylamine groups is 2. The first-order valence-corrected chi connectivity index (χ1v) is 10.7. The van der Waals surface area contributed by atoms with Gasteiger partial charge >= 0.3 is 5.97 Å². The monoisotopic (exact) mass is 436 g/mol. The van der Waals surface area contributed by atoms with Crippen LogP contribution in [0.3, 0.4) is 0 Å². The van der Waals surface area contributed by atoms with Crippen LogP contribution in [-0.4, -0.2) is 84.0 Å². The maximum absolute atomic E-state index is 13.0. The number of amides is 2. The number of carbonyl (C=O) groups is 3. The number of likely N-dealkylation sites (tertiary alicyclic amines) is 1. The van der Waals surface area contributed by atoms with Crippen LogP contribution in [0.15, 0.2) is 6.07 Å². The molecule has 3 heterocycles. The number of hydrogen-bond acceptors (Lipinski definition) is 7. The Morgan fingerprint density at radius 1 is 1.26 bits per heavy atom. The summed E-state index contributed by atoms with van der Waals surface area (Å²) < 4.78 is 9.98. The fraction of sp³-hybridized carbons (Fsp3) is 0.714. The molecule has 0 bridgehead atoms. The fourth-order valence-electron chi connectivity index (χ4n) is 4.52. The molecule has 1 spiro atoms. The van der Waals surface area contributed by atoms with Crippen LogP contribution in [0.1, 0.15) is 49.3 Å². The molecule has 2 amide bonds. The zero-order valence-corrected chi connectivity index (χ0v) is 18.7. The van der Waals surface area contributed by atoms with E-state index in [4.69, 9.17) is 14.3 Å². The van der Waals surface area contributed by atoms with Gasteiger partial charge in [-0.3, -0.25) is 24.3 Å². The molecular weight excluding hydrogens is 404 g/mol. The molecule has 1 N–H and O–H groups in total. The lowest BCUT2D eigenvalue weighted by Gasteiger charge is -2.45. The van der Waals surface area contributed by atoms with E-state index < -0.39 is 17.4 Å². The quantitative estimate of drug-likeness (QED) is 0.481. The van der Waals surface area contributed by atoms with Crippen LogP contribution in [-0.2, 0) is 30.3 Å². The van der Waals surface area contributed by atoms with Crippen molar-refractivity contribution in [3.05, 3.63) is 17.5 Å². The van der Waals surface area contributed by atoms with E-state index >= 15 is 0 Å². The molecule has 0 radical (unpaired) electrons. The molecule has 2 fully saturated rings. The average molecular weight is 437 g/mol. The summed E-state index contributed by atoms with van der Waals surface area (Å²) in [5.74, 6) is -1.02. The number of H-pyrrole nitrogens is 1. The van der Waals surface area contributed by atoms with Gasteiger partial charge in [-0.05, 0) is 31.2 Å². The van der Waals surface area contributed by atoms with E-state index in [0.29, 0.717) is 44.1 Å². The highest BCUT2D eigenvalue weighted by molar-refractivity contribution is 5.93. The number of hydrogen-bond donors (Lipinski definition) is 1. The Labute approximate surface area is 182 Å². The van der Waals surface area contributed by atoms with E-state index in [2.05, 4.69) is 24.0 Å². The number of nitrogens with zero attached hydrogens (tertiary/aromatic N) is 3. The topological polar surface area (TPSA) is 114 Å². The third-order valence-corrected chi connectivity index (χ3v) is 6.05. The van der Waals surface area contributed by atoms with Crippen LogP contribution in [0.5, 0.6) is 0 Å². The van der Waals surface area contributed by atoms with Crippen molar-refractivity contribution in [3.8, 4) is 0 Å². The van der Waals surface area contributed by atoms with Gasteiger partial charge in [0.15, 0.2) is 0 Å². The van der Waals surface area contributed by atoms with Gasteiger partial charge in [-0.15, -0.1) is 0 Å². The largest absolute Gasteiger partial charge is 0.469 e. The molecule has 2 aliphatic rings. The van der Waals surface area contributed by atoms with E-state index in [9.17, 15) is 14.4 Å². The lowest BCUT2D eigenvalue weighted by Crippen LogP contribution is -2.58. The maximum atomic E-state index is 13.0. The lowest BCUT2D eigenvalue weighted by atomic mass is 9.77. The van der Waals surface area contributed by atoms with E-state index in [0.717, 1.165) is 12.1 Å². The highest BCUT2D eigenvalue weighted by Crippen LogP contribution is 2.44. The van der Waals surface area contributed by atoms with Crippen LogP contribution in [0.25, 0.3) is 0 Å². The molecule has 0 saturated carbocycles. The first-order chi connectivity index (χ1) is 14.8. The summed E-state index contributed by atoms with van der Waals surface area (Å²) in [7, 11) is 2.87. The summed E-state index contributed by atoms with van der Waals surface area (Å²) in [6.07, 6.45) is 1.69. The predicted octanol–water partition coefficient (Wildman–Crippen LogP) is 1.18. The normalized spacial score (nSPS) is 20.7. The standard InChI is InChI=1S/C21H32N4O6/c1-14(2)11-15-12-17(23-22-15)19(27)24-7-5-21(6-8-24)16(20(28)30-4)13-18(26)25(21)31-10-9-29-3/h12,14,16H,5-11,13H2,1-4H3,(H,22,23). The molecule has 31 heavy (non-hydrogen) atoms. The minimum absolute atomic E-state index is 0.0333. The summed E-state index contributed by atoms with van der Waals surface area (Å²) in [6.45, 7) is 5.50. The van der Waals surface area contributed by atoms with Crippen molar-refractivity contribution < 1.29 is 28.7 Å². The number of piperidine rings is 1. The number of carbonyl (C=O) groups excluding carboxylic acids is 3. The predicted molar refractivity (Wildman–Crippen MR) is 110 cm³/mol. The van der Waals surface area contributed by atoms with Crippen molar-refractivity contribution in [1.29, 1.82) is 0 Å². The molecule has 10 nitrogen and oxygen atoms in total. The molecule has 3 rings (SSSR count). The maximum Gasteiger partial charge on any atom is 0.311 e. The number of rotatable bonds is 8. The number of aromatic amines is 1. The second kappa shape index (κ2) is 9.78. The van der Waals surface area contributed by atoms with Crippen molar-refractivity contribution in [2.24, 2.45) is 11.8 Å². The first kappa shape index (κ1) is 23.2. The number of nitrogens with one attached hydrogen (secondary N) is 1. The zero-order chi connectivity index (χ0) is 22.6. The highest BCUT2D eigenvalue weighted by Gasteiger charge is 2.58. The van der Waals surface area contributed by atoms with Gasteiger partial charge in [0.05, 0.1) is 31.8 Å². The molecule has 10 heteroatoms. The third-order valence-electron chi connectivity index (χ3n) is 6.05. The van der Waals surface area contributed by atoms with Gasteiger partial charge in [0.1, 0.15) is 5.69 Å². The fourth-order valence-corrected chi connectivity index (χ4v) is 4.52. The van der Waals surface area contributed by atoms with Gasteiger partial charge in [-0.1, -0.05) is 13.8 Å². The Morgan fingerprint density at radius 3 is 2.58 bits per heavy atom. The number of methoxy groups -OCH3 is 2. The van der Waals surface area contributed by atoms with E-state index in [1.54, 1.807) is 18.1 Å². The van der Waals surface area contributed by atoms with Crippen molar-refractivity contribution in [1.82, 2.24) is 20.2 Å². The summed E-state index contributed by atoms with van der Waals surface area (Å²) in [4.78, 5) is 45.5. The molecule has 1 aromatic heterocycles. The molecule has 1 unspecified atom stereocenters. The van der Waals surface area contributed by atoms with Crippen LogP contribution < -0.4 is 0 Å². The van der Waals surface area contributed by atoms with Crippen molar-refractivity contribution in [2.75, 3.05) is 40.5 Å². The summed E-state index contributed by atoms with van der Waals surface area (Å²) >= 11 is 0. The van der Waals surface area contributed by atoms with Gasteiger partial charge in [0, 0.05) is 32.3 Å². The van der Waals surface area contributed by atoms with Crippen molar-refractivity contribution in [2.45, 2.75) is 45.1 Å². The number of esters is 1. The van der Waals surface area contributed by atoms with Gasteiger partial charge in [-0.25, -0.2) is 5.06 Å². The molecule has 1 aromatic rings. The Hall–Kier alpha value is -2.46. The lowest BCUT2D eigenvalue weighted by molar-refractivity contribution is -0.226. The number of aromatic nitrogens is 2. The van der Waals surface area contributed by atoms with Gasteiger partial charge in [-0.2, -0.15) is 5.10 Å². The SMILES string of the molecule is COCCON1C(=O)CC(C(=O)OC)C12CCN(C(=O)c1cc(CC(C)C)[nH]n1)CC2. The first-order valence-electron chi connectivity index (χ1n) is 10.7. The minimum atomic E-state index is -0.830. The Morgan fingerprint density at radius 2 is 1.97 bits per heavy atom. The van der Waals surface area contributed by atoms with Crippen molar-refractivity contribution in [3.63, 3.8) is 0 Å². The van der Waals surface area contributed by atoms with E-state index in [1.165, 1.54) is 12.2 Å². The summed E-state index contributed by atoms with van der Waals surface area (Å²) in [6, 6.07) is 1.79. The van der Waals surface area contributed by atoms with Crippen LogP contribution >= 0.6 is 0 Å². The van der Waals surface area contributed by atoms with Gasteiger partial charge < -0.3 is 14.4 Å². The van der Waals surface area contributed by atoms with E-state index in [1.807, 2.05) is 0 Å².